The Morgan fingerprint density at radius 1 is 1.43 bits per heavy atom. The minimum Gasteiger partial charge on any atom is -0.383 e. The SMILES string of the molecule is COCC(N)CC(=O)c1ccccc1. The summed E-state index contributed by atoms with van der Waals surface area (Å²) in [7, 11) is 1.58. The van der Waals surface area contributed by atoms with Crippen LogP contribution < -0.4 is 5.73 Å². The zero-order chi connectivity index (χ0) is 10.4. The van der Waals surface area contributed by atoms with Crippen molar-refractivity contribution < 1.29 is 9.53 Å². The van der Waals surface area contributed by atoms with E-state index in [1.54, 1.807) is 19.2 Å². The van der Waals surface area contributed by atoms with E-state index >= 15 is 0 Å². The molecule has 2 N–H and O–H groups in total. The van der Waals surface area contributed by atoms with Gasteiger partial charge < -0.3 is 10.5 Å². The monoisotopic (exact) mass is 193 g/mol. The highest BCUT2D eigenvalue weighted by Crippen LogP contribution is 2.04. The first-order chi connectivity index (χ1) is 6.74. The van der Waals surface area contributed by atoms with Crippen LogP contribution in [0.5, 0.6) is 0 Å². The molecule has 1 aromatic rings. The second-order valence-corrected chi connectivity index (χ2v) is 3.21. The van der Waals surface area contributed by atoms with Gasteiger partial charge in [0.2, 0.25) is 0 Å². The van der Waals surface area contributed by atoms with E-state index in [2.05, 4.69) is 0 Å². The molecule has 0 radical (unpaired) electrons. The van der Waals surface area contributed by atoms with Gasteiger partial charge in [0.15, 0.2) is 5.78 Å². The second-order valence-electron chi connectivity index (χ2n) is 3.21. The van der Waals surface area contributed by atoms with Crippen LogP contribution in [0.4, 0.5) is 0 Å². The molecule has 3 nitrogen and oxygen atoms in total. The normalized spacial score (nSPS) is 12.4. The van der Waals surface area contributed by atoms with Crippen molar-refractivity contribution in [3.05, 3.63) is 35.9 Å². The minimum absolute atomic E-state index is 0.0650. The van der Waals surface area contributed by atoms with E-state index in [1.165, 1.54) is 0 Å². The predicted octanol–water partition coefficient (Wildman–Crippen LogP) is 1.23. The van der Waals surface area contributed by atoms with Gasteiger partial charge >= 0.3 is 0 Å². The van der Waals surface area contributed by atoms with Crippen LogP contribution in [0.25, 0.3) is 0 Å². The van der Waals surface area contributed by atoms with Crippen LogP contribution in [0.2, 0.25) is 0 Å². The van der Waals surface area contributed by atoms with Gasteiger partial charge in [-0.1, -0.05) is 30.3 Å². The number of rotatable bonds is 5. The number of nitrogens with two attached hydrogens (primary N) is 1. The molecule has 1 rings (SSSR count). The molecule has 76 valence electrons. The maximum absolute atomic E-state index is 11.6. The number of ether oxygens (including phenoxy) is 1. The van der Waals surface area contributed by atoms with Crippen molar-refractivity contribution in [2.45, 2.75) is 12.5 Å². The molecule has 0 spiro atoms. The summed E-state index contributed by atoms with van der Waals surface area (Å²) in [6.45, 7) is 0.415. The fourth-order valence-electron chi connectivity index (χ4n) is 1.25. The van der Waals surface area contributed by atoms with Crippen LogP contribution in [-0.2, 0) is 4.74 Å². The van der Waals surface area contributed by atoms with E-state index in [1.807, 2.05) is 18.2 Å². The van der Waals surface area contributed by atoms with Crippen LogP contribution >= 0.6 is 0 Å². The third kappa shape index (κ3) is 3.28. The lowest BCUT2D eigenvalue weighted by Gasteiger charge is -2.08. The van der Waals surface area contributed by atoms with Crippen molar-refractivity contribution >= 4 is 5.78 Å². The lowest BCUT2D eigenvalue weighted by atomic mass is 10.0. The summed E-state index contributed by atoms with van der Waals surface area (Å²) in [5, 5.41) is 0. The fourth-order valence-corrected chi connectivity index (χ4v) is 1.25. The van der Waals surface area contributed by atoms with Gasteiger partial charge in [0.25, 0.3) is 0 Å². The average molecular weight is 193 g/mol. The zero-order valence-electron chi connectivity index (χ0n) is 8.27. The number of hydrogen-bond acceptors (Lipinski definition) is 3. The quantitative estimate of drug-likeness (QED) is 0.716. The van der Waals surface area contributed by atoms with Gasteiger partial charge in [-0.2, -0.15) is 0 Å². The maximum atomic E-state index is 11.6. The molecule has 0 saturated carbocycles. The molecular weight excluding hydrogens is 178 g/mol. The molecule has 0 aliphatic carbocycles. The molecular formula is C11H15NO2. The van der Waals surface area contributed by atoms with Gasteiger partial charge in [-0.25, -0.2) is 0 Å². The highest BCUT2D eigenvalue weighted by molar-refractivity contribution is 5.96. The Hall–Kier alpha value is -1.19. The standard InChI is InChI=1S/C11H15NO2/c1-14-8-10(12)7-11(13)9-5-3-2-4-6-9/h2-6,10H,7-8,12H2,1H3. The summed E-state index contributed by atoms with van der Waals surface area (Å²) in [5.41, 5.74) is 6.38. The van der Waals surface area contributed by atoms with Crippen LogP contribution in [0.1, 0.15) is 16.8 Å². The first kappa shape index (κ1) is 10.9. The van der Waals surface area contributed by atoms with Crippen molar-refractivity contribution in [1.82, 2.24) is 0 Å². The van der Waals surface area contributed by atoms with Crippen molar-refractivity contribution in [3.63, 3.8) is 0 Å². The summed E-state index contributed by atoms with van der Waals surface area (Å²) in [6.07, 6.45) is 0.331. The third-order valence-corrected chi connectivity index (χ3v) is 1.92. The molecule has 0 aromatic heterocycles. The van der Waals surface area contributed by atoms with E-state index < -0.39 is 0 Å². The highest BCUT2D eigenvalue weighted by atomic mass is 16.5. The van der Waals surface area contributed by atoms with E-state index in [4.69, 9.17) is 10.5 Å². The predicted molar refractivity (Wildman–Crippen MR) is 55.2 cm³/mol. The van der Waals surface area contributed by atoms with Gasteiger partial charge in [-0.3, -0.25) is 4.79 Å². The fraction of sp³-hybridized carbons (Fsp3) is 0.364. The molecule has 0 aliphatic rings. The van der Waals surface area contributed by atoms with E-state index in [-0.39, 0.29) is 11.8 Å². The number of benzene rings is 1. The van der Waals surface area contributed by atoms with Gasteiger partial charge in [0.1, 0.15) is 0 Å². The number of Topliss-reactive ketones (excluding diaryl/α,β-unsaturated/α-hetero) is 1. The lowest BCUT2D eigenvalue weighted by Crippen LogP contribution is -2.28. The molecule has 1 aromatic carbocycles. The Bertz CT molecular complexity index is 285. The van der Waals surface area contributed by atoms with Crippen LogP contribution in [-0.4, -0.2) is 25.5 Å². The molecule has 1 atom stereocenters. The smallest absolute Gasteiger partial charge is 0.164 e. The molecule has 0 amide bonds. The van der Waals surface area contributed by atoms with E-state index in [0.717, 1.165) is 0 Å². The number of carbonyl (C=O) groups is 1. The number of ketones is 1. The molecule has 0 aliphatic heterocycles. The van der Waals surface area contributed by atoms with Crippen LogP contribution in [0.15, 0.2) is 30.3 Å². The molecule has 0 heterocycles. The zero-order valence-corrected chi connectivity index (χ0v) is 8.27. The number of hydrogen-bond donors (Lipinski definition) is 1. The lowest BCUT2D eigenvalue weighted by molar-refractivity contribution is 0.0949. The Kier molecular flexibility index (Phi) is 4.29. The third-order valence-electron chi connectivity index (χ3n) is 1.92. The largest absolute Gasteiger partial charge is 0.383 e. The van der Waals surface area contributed by atoms with Gasteiger partial charge in [-0.15, -0.1) is 0 Å². The van der Waals surface area contributed by atoms with Crippen molar-refractivity contribution in [3.8, 4) is 0 Å². The Morgan fingerprint density at radius 2 is 2.07 bits per heavy atom. The van der Waals surface area contributed by atoms with Crippen molar-refractivity contribution in [2.75, 3.05) is 13.7 Å². The Balaban J connectivity index is 2.51. The van der Waals surface area contributed by atoms with E-state index in [0.29, 0.717) is 18.6 Å². The maximum Gasteiger partial charge on any atom is 0.164 e. The van der Waals surface area contributed by atoms with Gasteiger partial charge in [0, 0.05) is 25.1 Å². The topological polar surface area (TPSA) is 52.3 Å². The molecule has 0 bridgehead atoms. The first-order valence-electron chi connectivity index (χ1n) is 4.57. The van der Waals surface area contributed by atoms with Crippen LogP contribution in [0, 0.1) is 0 Å². The molecule has 0 saturated heterocycles. The van der Waals surface area contributed by atoms with Crippen molar-refractivity contribution in [1.29, 1.82) is 0 Å². The Labute approximate surface area is 83.9 Å². The summed E-state index contributed by atoms with van der Waals surface area (Å²) in [4.78, 5) is 11.6. The Morgan fingerprint density at radius 3 is 2.64 bits per heavy atom. The van der Waals surface area contributed by atoms with E-state index in [9.17, 15) is 4.79 Å². The average Bonchev–Trinajstić information content (AvgIpc) is 2.19. The van der Waals surface area contributed by atoms with Gasteiger partial charge in [0.05, 0.1) is 6.61 Å². The first-order valence-corrected chi connectivity index (χ1v) is 4.57. The second kappa shape index (κ2) is 5.52. The summed E-state index contributed by atoms with van der Waals surface area (Å²) in [5.74, 6) is 0.0650. The molecule has 1 unspecified atom stereocenters. The molecule has 0 fully saturated rings. The van der Waals surface area contributed by atoms with Crippen LogP contribution in [0.3, 0.4) is 0 Å². The number of methoxy groups -OCH3 is 1. The molecule has 3 heteroatoms. The van der Waals surface area contributed by atoms with Crippen molar-refractivity contribution in [2.24, 2.45) is 5.73 Å². The molecule has 14 heavy (non-hydrogen) atoms. The minimum atomic E-state index is -0.215. The van der Waals surface area contributed by atoms with Gasteiger partial charge in [-0.05, 0) is 0 Å². The summed E-state index contributed by atoms with van der Waals surface area (Å²) >= 11 is 0. The summed E-state index contributed by atoms with van der Waals surface area (Å²) in [6, 6.07) is 8.94. The summed E-state index contributed by atoms with van der Waals surface area (Å²) < 4.78 is 4.86. The number of carbonyl (C=O) groups excluding carboxylic acids is 1. The highest BCUT2D eigenvalue weighted by Gasteiger charge is 2.10.